The molecule has 1 amide bonds. The number of piperidine rings is 1. The molecule has 9 nitrogen and oxygen atoms in total. The number of sulfonamides is 1. The van der Waals surface area contributed by atoms with E-state index in [1.165, 1.54) is 10.4 Å². The Morgan fingerprint density at radius 3 is 2.51 bits per heavy atom. The topological polar surface area (TPSA) is 112 Å². The largest absolute Gasteiger partial charge is 0.480 e. The summed E-state index contributed by atoms with van der Waals surface area (Å²) in [6, 6.07) is 13.6. The minimum Gasteiger partial charge on any atom is -0.480 e. The molecule has 0 bridgehead atoms. The second-order valence-corrected chi connectivity index (χ2v) is 10.5. The average Bonchev–Trinajstić information content (AvgIpc) is 2.90. The molecule has 2 aliphatic rings. The lowest BCUT2D eigenvalue weighted by Gasteiger charge is -2.31. The van der Waals surface area contributed by atoms with Crippen LogP contribution in [0, 0.1) is 11.3 Å². The molecule has 35 heavy (non-hydrogen) atoms. The number of carbonyl (C=O) groups excluding carboxylic acids is 1. The first-order chi connectivity index (χ1) is 16.9. The zero-order valence-corrected chi connectivity index (χ0v) is 20.6. The molecule has 1 atom stereocenters. The maximum atomic E-state index is 13.3. The summed E-state index contributed by atoms with van der Waals surface area (Å²) < 4.78 is 39.3. The smallest absolute Gasteiger partial charge is 0.265 e. The third-order valence-corrected chi connectivity index (χ3v) is 8.11. The van der Waals surface area contributed by atoms with E-state index in [2.05, 4.69) is 16.3 Å². The maximum Gasteiger partial charge on any atom is 0.265 e. The molecule has 0 aliphatic carbocycles. The number of carbonyl (C=O) groups is 1. The number of nitrogens with one attached hydrogen (secondary N) is 1. The van der Waals surface area contributed by atoms with Crippen LogP contribution in [-0.4, -0.2) is 64.1 Å². The molecule has 2 aromatic carbocycles. The number of rotatable bonds is 7. The van der Waals surface area contributed by atoms with Gasteiger partial charge in [-0.2, -0.15) is 9.57 Å². The molecular weight excluding hydrogens is 468 g/mol. The second-order valence-electron chi connectivity index (χ2n) is 8.60. The van der Waals surface area contributed by atoms with Crippen LogP contribution in [0.4, 0.5) is 11.4 Å². The van der Waals surface area contributed by atoms with Gasteiger partial charge >= 0.3 is 0 Å². The normalized spacial score (nSPS) is 17.9. The van der Waals surface area contributed by atoms with Crippen LogP contribution in [0.3, 0.4) is 0 Å². The van der Waals surface area contributed by atoms with Crippen molar-refractivity contribution < 1.29 is 22.7 Å². The number of nitrogens with zero attached hydrogens (tertiary/aromatic N) is 3. The summed E-state index contributed by atoms with van der Waals surface area (Å²) >= 11 is 0. The third kappa shape index (κ3) is 5.75. The first kappa shape index (κ1) is 25.0. The van der Waals surface area contributed by atoms with Crippen molar-refractivity contribution in [1.82, 2.24) is 4.31 Å². The van der Waals surface area contributed by atoms with E-state index in [9.17, 15) is 18.5 Å². The van der Waals surface area contributed by atoms with E-state index >= 15 is 0 Å². The van der Waals surface area contributed by atoms with Gasteiger partial charge in [0.1, 0.15) is 11.8 Å². The summed E-state index contributed by atoms with van der Waals surface area (Å²) in [6.45, 7) is 4.94. The van der Waals surface area contributed by atoms with Gasteiger partial charge < -0.3 is 19.7 Å². The maximum absolute atomic E-state index is 13.3. The van der Waals surface area contributed by atoms with Crippen molar-refractivity contribution in [3.05, 3.63) is 48.0 Å². The summed E-state index contributed by atoms with van der Waals surface area (Å²) in [5.74, 6) is -0.132. The highest BCUT2D eigenvalue weighted by Crippen LogP contribution is 2.32. The van der Waals surface area contributed by atoms with Gasteiger partial charge in [-0.3, -0.25) is 4.79 Å². The quantitative estimate of drug-likeness (QED) is 0.625. The molecule has 2 heterocycles. The first-order valence-corrected chi connectivity index (χ1v) is 13.3. The summed E-state index contributed by atoms with van der Waals surface area (Å²) in [5, 5.41) is 12.2. The van der Waals surface area contributed by atoms with Gasteiger partial charge in [-0.05, 0) is 50.1 Å². The molecule has 0 aromatic heterocycles. The van der Waals surface area contributed by atoms with Crippen LogP contribution < -0.4 is 15.0 Å². The molecule has 4 rings (SSSR count). The first-order valence-electron chi connectivity index (χ1n) is 11.8. The van der Waals surface area contributed by atoms with Gasteiger partial charge in [0.25, 0.3) is 5.91 Å². The number of hydrogen-bond acceptors (Lipinski definition) is 7. The van der Waals surface area contributed by atoms with Gasteiger partial charge in [0.15, 0.2) is 6.10 Å². The Balaban J connectivity index is 1.61. The number of morpholine rings is 1. The number of benzene rings is 2. The monoisotopic (exact) mass is 498 g/mol. The van der Waals surface area contributed by atoms with Gasteiger partial charge in [0, 0.05) is 26.2 Å². The van der Waals surface area contributed by atoms with Gasteiger partial charge in [0.05, 0.1) is 35.0 Å². The zero-order valence-electron chi connectivity index (χ0n) is 19.8. The number of para-hydroxylation sites is 1. The van der Waals surface area contributed by atoms with E-state index in [0.29, 0.717) is 56.4 Å². The highest BCUT2D eigenvalue weighted by molar-refractivity contribution is 7.89. The van der Waals surface area contributed by atoms with E-state index in [1.807, 2.05) is 0 Å². The Morgan fingerprint density at radius 2 is 1.80 bits per heavy atom. The van der Waals surface area contributed by atoms with Crippen LogP contribution in [-0.2, 0) is 19.6 Å². The van der Waals surface area contributed by atoms with Crippen LogP contribution in [0.2, 0.25) is 0 Å². The predicted molar refractivity (Wildman–Crippen MR) is 132 cm³/mol. The van der Waals surface area contributed by atoms with Crippen LogP contribution in [0.25, 0.3) is 0 Å². The average molecular weight is 499 g/mol. The fourth-order valence-electron chi connectivity index (χ4n) is 4.25. The van der Waals surface area contributed by atoms with E-state index in [0.717, 1.165) is 24.9 Å². The van der Waals surface area contributed by atoms with Gasteiger partial charge in [-0.15, -0.1) is 0 Å². The van der Waals surface area contributed by atoms with Crippen LogP contribution in [0.1, 0.15) is 31.7 Å². The Hall–Kier alpha value is -3.13. The molecular formula is C25H30N4O5S. The molecule has 1 N–H and O–H groups in total. The SMILES string of the molecule is CC(Oc1ccccc1C#N)C(=O)Nc1cc(S(=O)(=O)N2CCCCC2)ccc1N1CCOCC1. The molecule has 0 saturated carbocycles. The van der Waals surface area contributed by atoms with Crippen molar-refractivity contribution in [1.29, 1.82) is 5.26 Å². The molecule has 2 fully saturated rings. The van der Waals surface area contributed by atoms with Crippen LogP contribution >= 0.6 is 0 Å². The second kappa shape index (κ2) is 11.1. The Labute approximate surface area is 206 Å². The van der Waals surface area contributed by atoms with Crippen molar-refractivity contribution >= 4 is 27.3 Å². The van der Waals surface area contributed by atoms with E-state index in [-0.39, 0.29) is 4.90 Å². The van der Waals surface area contributed by atoms with Gasteiger partial charge in [-0.25, -0.2) is 8.42 Å². The molecule has 2 aromatic rings. The van der Waals surface area contributed by atoms with Crippen molar-refractivity contribution in [3.8, 4) is 11.8 Å². The number of anilines is 2. The van der Waals surface area contributed by atoms with E-state index < -0.39 is 22.0 Å². The van der Waals surface area contributed by atoms with Crippen molar-refractivity contribution in [2.45, 2.75) is 37.2 Å². The number of amides is 1. The highest BCUT2D eigenvalue weighted by Gasteiger charge is 2.28. The van der Waals surface area contributed by atoms with Crippen LogP contribution in [0.15, 0.2) is 47.4 Å². The minimum absolute atomic E-state index is 0.148. The zero-order chi connectivity index (χ0) is 24.8. The molecule has 2 saturated heterocycles. The molecule has 10 heteroatoms. The summed E-state index contributed by atoms with van der Waals surface area (Å²) in [4.78, 5) is 15.3. The molecule has 186 valence electrons. The Kier molecular flexibility index (Phi) is 7.90. The fraction of sp³-hybridized carbons (Fsp3) is 0.440. The minimum atomic E-state index is -3.67. The van der Waals surface area contributed by atoms with Crippen molar-refractivity contribution in [3.63, 3.8) is 0 Å². The number of hydrogen-bond donors (Lipinski definition) is 1. The lowest BCUT2D eigenvalue weighted by Crippen LogP contribution is -2.38. The standard InChI is InChI=1S/C25H30N4O5S/c1-19(34-24-8-4-3-7-20(24)18-26)25(30)27-22-17-21(35(31,32)29-11-5-2-6-12-29)9-10-23(22)28-13-15-33-16-14-28/h3-4,7-10,17,19H,2,5-6,11-16H2,1H3,(H,27,30). The van der Waals surface area contributed by atoms with E-state index in [4.69, 9.17) is 9.47 Å². The lowest BCUT2D eigenvalue weighted by atomic mass is 10.2. The Morgan fingerprint density at radius 1 is 1.09 bits per heavy atom. The summed E-state index contributed by atoms with van der Waals surface area (Å²) in [7, 11) is -3.67. The summed E-state index contributed by atoms with van der Waals surface area (Å²) in [6.07, 6.45) is 1.79. The predicted octanol–water partition coefficient (Wildman–Crippen LogP) is 2.98. The van der Waals surface area contributed by atoms with Crippen LogP contribution in [0.5, 0.6) is 5.75 Å². The summed E-state index contributed by atoms with van der Waals surface area (Å²) in [5.41, 5.74) is 1.46. The number of ether oxygens (including phenoxy) is 2. The number of nitriles is 1. The molecule has 0 radical (unpaired) electrons. The lowest BCUT2D eigenvalue weighted by molar-refractivity contribution is -0.122. The molecule has 2 aliphatic heterocycles. The fourth-order valence-corrected chi connectivity index (χ4v) is 5.79. The van der Waals surface area contributed by atoms with Gasteiger partial charge in [-0.1, -0.05) is 18.6 Å². The third-order valence-electron chi connectivity index (χ3n) is 6.21. The van der Waals surface area contributed by atoms with Gasteiger partial charge in [0.2, 0.25) is 10.0 Å². The highest BCUT2D eigenvalue weighted by atomic mass is 32.2. The van der Waals surface area contributed by atoms with Crippen molar-refractivity contribution in [2.24, 2.45) is 0 Å². The van der Waals surface area contributed by atoms with Crippen molar-refractivity contribution in [2.75, 3.05) is 49.6 Å². The molecule has 1 unspecified atom stereocenters. The Bertz CT molecular complexity index is 1200. The molecule has 0 spiro atoms. The van der Waals surface area contributed by atoms with E-state index in [1.54, 1.807) is 43.3 Å².